The van der Waals surface area contributed by atoms with E-state index in [0.717, 1.165) is 34.6 Å². The van der Waals surface area contributed by atoms with Gasteiger partial charge in [-0.25, -0.2) is 0 Å². The van der Waals surface area contributed by atoms with Crippen molar-refractivity contribution in [3.63, 3.8) is 0 Å². The first kappa shape index (κ1) is 18.0. The summed E-state index contributed by atoms with van der Waals surface area (Å²) in [5.41, 5.74) is 2.50. The third kappa shape index (κ3) is 4.47. The molecule has 0 bridgehead atoms. The normalized spacial score (nSPS) is 9.68. The Hall–Kier alpha value is -2.05. The lowest BCUT2D eigenvalue weighted by Gasteiger charge is -2.05. The number of hydrogen-bond donors (Lipinski definition) is 2. The highest BCUT2D eigenvalue weighted by molar-refractivity contribution is 7.99. The zero-order chi connectivity index (χ0) is 16.7. The Kier molecular flexibility index (Phi) is 6.88. The molecule has 0 saturated heterocycles. The fourth-order valence-corrected chi connectivity index (χ4v) is 2.84. The van der Waals surface area contributed by atoms with Gasteiger partial charge in [-0.1, -0.05) is 11.8 Å². The van der Waals surface area contributed by atoms with E-state index in [0.29, 0.717) is 5.69 Å². The standard InChI is InChI=1S/C15H16N2O2S.CH4O/c1-10-15(8-13(9-18)17(10)3)20-14-6-4-12(5-7-14)16-11(2)19;1-2/h4-9H,1-3H3,(H,16,19);2H,1H3. The predicted molar refractivity (Wildman–Crippen MR) is 88.5 cm³/mol. The molecule has 0 aliphatic heterocycles. The summed E-state index contributed by atoms with van der Waals surface area (Å²) >= 11 is 1.60. The summed E-state index contributed by atoms with van der Waals surface area (Å²) in [7, 11) is 2.88. The van der Waals surface area contributed by atoms with Crippen LogP contribution < -0.4 is 5.32 Å². The topological polar surface area (TPSA) is 71.3 Å². The molecule has 0 aliphatic carbocycles. The zero-order valence-electron chi connectivity index (χ0n) is 13.1. The first-order chi connectivity index (χ1) is 10.5. The maximum atomic E-state index is 11.0. The van der Waals surface area contributed by atoms with Gasteiger partial charge in [0.05, 0.1) is 5.69 Å². The van der Waals surface area contributed by atoms with E-state index in [4.69, 9.17) is 5.11 Å². The summed E-state index contributed by atoms with van der Waals surface area (Å²) in [4.78, 5) is 24.0. The smallest absolute Gasteiger partial charge is 0.221 e. The van der Waals surface area contributed by atoms with Crippen molar-refractivity contribution in [1.29, 1.82) is 0 Å². The number of carbonyl (C=O) groups is 2. The molecular formula is C16H20N2O3S. The van der Waals surface area contributed by atoms with Crippen LogP contribution in [0.1, 0.15) is 23.1 Å². The molecule has 118 valence electrons. The number of aliphatic hydroxyl groups excluding tert-OH is 1. The van der Waals surface area contributed by atoms with E-state index in [2.05, 4.69) is 5.32 Å². The lowest BCUT2D eigenvalue weighted by Crippen LogP contribution is -2.05. The minimum Gasteiger partial charge on any atom is -0.400 e. The van der Waals surface area contributed by atoms with E-state index in [1.165, 1.54) is 6.92 Å². The van der Waals surface area contributed by atoms with Gasteiger partial charge in [0.2, 0.25) is 5.91 Å². The number of anilines is 1. The second-order valence-corrected chi connectivity index (χ2v) is 5.62. The number of aromatic nitrogens is 1. The summed E-state index contributed by atoms with van der Waals surface area (Å²) < 4.78 is 1.88. The van der Waals surface area contributed by atoms with Crippen LogP contribution in [0.5, 0.6) is 0 Å². The molecule has 6 heteroatoms. The van der Waals surface area contributed by atoms with E-state index in [-0.39, 0.29) is 5.91 Å². The molecule has 0 spiro atoms. The number of hydrogen-bond acceptors (Lipinski definition) is 4. The van der Waals surface area contributed by atoms with Crippen LogP contribution in [0.2, 0.25) is 0 Å². The van der Waals surface area contributed by atoms with Crippen LogP contribution >= 0.6 is 11.8 Å². The second kappa shape index (κ2) is 8.41. The molecule has 0 unspecified atom stereocenters. The highest BCUT2D eigenvalue weighted by atomic mass is 32.2. The summed E-state index contributed by atoms with van der Waals surface area (Å²) in [6, 6.07) is 9.51. The third-order valence-corrected chi connectivity index (χ3v) is 4.19. The first-order valence-electron chi connectivity index (χ1n) is 6.63. The summed E-state index contributed by atoms with van der Waals surface area (Å²) in [5.74, 6) is -0.0834. The summed E-state index contributed by atoms with van der Waals surface area (Å²) in [6.07, 6.45) is 0.858. The molecule has 0 saturated carbocycles. The number of benzene rings is 1. The van der Waals surface area contributed by atoms with Gasteiger partial charge in [0.25, 0.3) is 0 Å². The Morgan fingerprint density at radius 1 is 1.27 bits per heavy atom. The van der Waals surface area contributed by atoms with Crippen molar-refractivity contribution in [3.05, 3.63) is 41.7 Å². The van der Waals surface area contributed by atoms with Gasteiger partial charge in [0.1, 0.15) is 0 Å². The van der Waals surface area contributed by atoms with Crippen molar-refractivity contribution in [2.24, 2.45) is 7.05 Å². The number of carbonyl (C=O) groups excluding carboxylic acids is 2. The SMILES string of the molecule is CC(=O)Nc1ccc(Sc2cc(C=O)n(C)c2C)cc1.CO. The lowest BCUT2D eigenvalue weighted by atomic mass is 10.3. The van der Waals surface area contributed by atoms with Gasteiger partial charge in [-0.3, -0.25) is 9.59 Å². The van der Waals surface area contributed by atoms with Crippen LogP contribution in [0.15, 0.2) is 40.1 Å². The van der Waals surface area contributed by atoms with Gasteiger partial charge >= 0.3 is 0 Å². The number of nitrogens with zero attached hydrogens (tertiary/aromatic N) is 1. The highest BCUT2D eigenvalue weighted by Crippen LogP contribution is 2.32. The van der Waals surface area contributed by atoms with Crippen molar-refractivity contribution in [2.45, 2.75) is 23.6 Å². The lowest BCUT2D eigenvalue weighted by molar-refractivity contribution is -0.114. The maximum absolute atomic E-state index is 11.0. The molecule has 0 radical (unpaired) electrons. The number of aldehydes is 1. The summed E-state index contributed by atoms with van der Waals surface area (Å²) in [5, 5.41) is 9.73. The van der Waals surface area contributed by atoms with Crippen molar-refractivity contribution < 1.29 is 14.7 Å². The largest absolute Gasteiger partial charge is 0.400 e. The maximum Gasteiger partial charge on any atom is 0.221 e. The number of amides is 1. The fourth-order valence-electron chi connectivity index (χ4n) is 1.85. The van der Waals surface area contributed by atoms with Crippen molar-refractivity contribution in [3.8, 4) is 0 Å². The average molecular weight is 320 g/mol. The minimum atomic E-state index is -0.0834. The Labute approximate surface area is 134 Å². The Bertz CT molecular complexity index is 648. The molecule has 1 amide bonds. The molecule has 0 fully saturated rings. The van der Waals surface area contributed by atoms with Crippen LogP contribution in [-0.4, -0.2) is 29.0 Å². The van der Waals surface area contributed by atoms with Gasteiger partial charge < -0.3 is 15.0 Å². The minimum absolute atomic E-state index is 0.0834. The van der Waals surface area contributed by atoms with E-state index in [1.54, 1.807) is 11.8 Å². The highest BCUT2D eigenvalue weighted by Gasteiger charge is 2.09. The van der Waals surface area contributed by atoms with Gasteiger partial charge in [0.15, 0.2) is 6.29 Å². The van der Waals surface area contributed by atoms with Crippen LogP contribution in [0.25, 0.3) is 0 Å². The number of nitrogens with one attached hydrogen (secondary N) is 1. The molecule has 22 heavy (non-hydrogen) atoms. The Balaban J connectivity index is 0.00000116. The number of rotatable bonds is 4. The molecule has 1 aromatic carbocycles. The molecule has 0 atom stereocenters. The zero-order valence-corrected chi connectivity index (χ0v) is 13.9. The Morgan fingerprint density at radius 3 is 2.32 bits per heavy atom. The second-order valence-electron chi connectivity index (χ2n) is 4.50. The van der Waals surface area contributed by atoms with Gasteiger partial charge in [0, 0.05) is 42.3 Å². The molecule has 1 heterocycles. The van der Waals surface area contributed by atoms with E-state index >= 15 is 0 Å². The molecular weight excluding hydrogens is 300 g/mol. The van der Waals surface area contributed by atoms with Gasteiger partial charge in [-0.05, 0) is 37.3 Å². The molecule has 0 aliphatic rings. The molecule has 1 aromatic heterocycles. The molecule has 2 rings (SSSR count). The van der Waals surface area contributed by atoms with Crippen LogP contribution in [0.4, 0.5) is 5.69 Å². The fraction of sp³-hybridized carbons (Fsp3) is 0.250. The monoisotopic (exact) mass is 320 g/mol. The van der Waals surface area contributed by atoms with Crippen LogP contribution in [-0.2, 0) is 11.8 Å². The van der Waals surface area contributed by atoms with Crippen molar-refractivity contribution >= 4 is 29.6 Å². The number of aliphatic hydroxyl groups is 1. The van der Waals surface area contributed by atoms with Gasteiger partial charge in [-0.15, -0.1) is 0 Å². The quantitative estimate of drug-likeness (QED) is 0.850. The molecule has 2 aromatic rings. The van der Waals surface area contributed by atoms with Crippen molar-refractivity contribution in [2.75, 3.05) is 12.4 Å². The first-order valence-corrected chi connectivity index (χ1v) is 7.44. The molecule has 5 nitrogen and oxygen atoms in total. The predicted octanol–water partition coefficient (Wildman–Crippen LogP) is 2.86. The Morgan fingerprint density at radius 2 is 1.86 bits per heavy atom. The van der Waals surface area contributed by atoms with E-state index in [9.17, 15) is 9.59 Å². The third-order valence-electron chi connectivity index (χ3n) is 3.05. The van der Waals surface area contributed by atoms with Crippen LogP contribution in [0, 0.1) is 6.92 Å². The van der Waals surface area contributed by atoms with Gasteiger partial charge in [-0.2, -0.15) is 0 Å². The van der Waals surface area contributed by atoms with Crippen LogP contribution in [0.3, 0.4) is 0 Å². The average Bonchev–Trinajstić information content (AvgIpc) is 2.78. The van der Waals surface area contributed by atoms with E-state index < -0.39 is 0 Å². The van der Waals surface area contributed by atoms with Crippen molar-refractivity contribution in [1.82, 2.24) is 4.57 Å². The summed E-state index contributed by atoms with van der Waals surface area (Å²) in [6.45, 7) is 3.47. The van der Waals surface area contributed by atoms with E-state index in [1.807, 2.05) is 48.9 Å². The molecule has 2 N–H and O–H groups in total.